The summed E-state index contributed by atoms with van der Waals surface area (Å²) in [7, 11) is 0. The molecule has 106 valence electrons. The van der Waals surface area contributed by atoms with Gasteiger partial charge in [0.2, 0.25) is 0 Å². The molecule has 3 N–H and O–H groups in total. The Labute approximate surface area is 116 Å². The first-order valence-electron chi connectivity index (χ1n) is 7.36. The van der Waals surface area contributed by atoms with Crippen molar-refractivity contribution in [2.24, 2.45) is 0 Å². The molecule has 1 aromatic carbocycles. The van der Waals surface area contributed by atoms with Gasteiger partial charge in [0, 0.05) is 17.8 Å². The van der Waals surface area contributed by atoms with Gasteiger partial charge in [-0.05, 0) is 69.8 Å². The van der Waals surface area contributed by atoms with Crippen molar-refractivity contribution in [1.82, 2.24) is 5.32 Å². The molecule has 0 aliphatic carbocycles. The minimum atomic E-state index is 0.379. The van der Waals surface area contributed by atoms with Gasteiger partial charge in [-0.1, -0.05) is 6.42 Å². The molecule has 2 unspecified atom stereocenters. The van der Waals surface area contributed by atoms with Crippen molar-refractivity contribution in [2.75, 3.05) is 11.9 Å². The number of piperidine rings is 1. The summed E-state index contributed by atoms with van der Waals surface area (Å²) in [5, 5.41) is 16.8. The summed E-state index contributed by atoms with van der Waals surface area (Å²) in [6, 6.07) is 4.96. The minimum absolute atomic E-state index is 0.379. The second-order valence-electron chi connectivity index (χ2n) is 5.88. The van der Waals surface area contributed by atoms with Crippen molar-refractivity contribution in [3.8, 4) is 5.75 Å². The average Bonchev–Trinajstić information content (AvgIpc) is 2.37. The van der Waals surface area contributed by atoms with E-state index >= 15 is 0 Å². The molecule has 1 aliphatic rings. The van der Waals surface area contributed by atoms with E-state index in [2.05, 4.69) is 17.6 Å². The Balaban J connectivity index is 1.94. The lowest BCUT2D eigenvalue weighted by atomic mass is 9.98. The Morgan fingerprint density at radius 2 is 2.11 bits per heavy atom. The van der Waals surface area contributed by atoms with Crippen LogP contribution < -0.4 is 10.6 Å². The molecule has 0 spiro atoms. The molecule has 0 saturated carbocycles. The summed E-state index contributed by atoms with van der Waals surface area (Å²) in [5.41, 5.74) is 3.17. The molecule has 3 nitrogen and oxygen atoms in total. The Hall–Kier alpha value is -1.22. The molecule has 1 heterocycles. The highest BCUT2D eigenvalue weighted by molar-refractivity contribution is 5.57. The maximum absolute atomic E-state index is 9.68. The first-order valence-corrected chi connectivity index (χ1v) is 7.36. The lowest BCUT2D eigenvalue weighted by Crippen LogP contribution is -2.37. The second kappa shape index (κ2) is 6.29. The average molecular weight is 262 g/mol. The maximum Gasteiger partial charge on any atom is 0.118 e. The van der Waals surface area contributed by atoms with Gasteiger partial charge in [0.15, 0.2) is 0 Å². The standard InChI is InChI=1S/C16H26N2O/c1-11-9-16(19)12(2)8-15(11)18-13(3)10-14-6-4-5-7-17-14/h8-9,13-14,17-19H,4-7,10H2,1-3H3. The predicted octanol–water partition coefficient (Wildman–Crippen LogP) is 3.34. The number of aromatic hydroxyl groups is 1. The van der Waals surface area contributed by atoms with Gasteiger partial charge >= 0.3 is 0 Å². The van der Waals surface area contributed by atoms with Gasteiger partial charge in [-0.25, -0.2) is 0 Å². The van der Waals surface area contributed by atoms with E-state index in [-0.39, 0.29) is 0 Å². The summed E-state index contributed by atoms with van der Waals surface area (Å²) in [6.45, 7) is 7.37. The number of nitrogens with one attached hydrogen (secondary N) is 2. The number of phenols is 1. The number of anilines is 1. The number of hydrogen-bond acceptors (Lipinski definition) is 3. The quantitative estimate of drug-likeness (QED) is 0.729. The molecular formula is C16H26N2O. The van der Waals surface area contributed by atoms with E-state index in [0.717, 1.165) is 29.8 Å². The van der Waals surface area contributed by atoms with Gasteiger partial charge in [-0.15, -0.1) is 0 Å². The topological polar surface area (TPSA) is 44.3 Å². The first-order chi connectivity index (χ1) is 9.06. The molecule has 0 amide bonds. The smallest absolute Gasteiger partial charge is 0.118 e. The van der Waals surface area contributed by atoms with Crippen LogP contribution in [0.1, 0.15) is 43.7 Å². The molecule has 3 heteroatoms. The van der Waals surface area contributed by atoms with Crippen LogP contribution in [0.4, 0.5) is 5.69 Å². The molecule has 1 aliphatic heterocycles. The van der Waals surface area contributed by atoms with Gasteiger partial charge < -0.3 is 15.7 Å². The van der Waals surface area contributed by atoms with E-state index in [4.69, 9.17) is 0 Å². The van der Waals surface area contributed by atoms with Gasteiger partial charge in [-0.2, -0.15) is 0 Å². The first kappa shape index (κ1) is 14.2. The molecule has 1 fully saturated rings. The fourth-order valence-corrected chi connectivity index (χ4v) is 2.83. The Bertz CT molecular complexity index is 425. The zero-order chi connectivity index (χ0) is 13.8. The van der Waals surface area contributed by atoms with Crippen molar-refractivity contribution >= 4 is 5.69 Å². The van der Waals surface area contributed by atoms with Crippen molar-refractivity contribution < 1.29 is 5.11 Å². The summed E-state index contributed by atoms with van der Waals surface area (Å²) < 4.78 is 0. The third kappa shape index (κ3) is 3.87. The Morgan fingerprint density at radius 3 is 2.79 bits per heavy atom. The van der Waals surface area contributed by atoms with Crippen molar-refractivity contribution in [3.63, 3.8) is 0 Å². The van der Waals surface area contributed by atoms with Crippen molar-refractivity contribution in [2.45, 2.75) is 58.5 Å². The maximum atomic E-state index is 9.68. The SMILES string of the molecule is Cc1cc(NC(C)CC2CCCCN2)c(C)cc1O. The summed E-state index contributed by atoms with van der Waals surface area (Å²) >= 11 is 0. The highest BCUT2D eigenvalue weighted by Gasteiger charge is 2.16. The van der Waals surface area contributed by atoms with Crippen LogP contribution in [-0.2, 0) is 0 Å². The number of phenolic OH excluding ortho intramolecular Hbond substituents is 1. The fourth-order valence-electron chi connectivity index (χ4n) is 2.83. The zero-order valence-corrected chi connectivity index (χ0v) is 12.3. The second-order valence-corrected chi connectivity index (χ2v) is 5.88. The largest absolute Gasteiger partial charge is 0.508 e. The van der Waals surface area contributed by atoms with Crippen LogP contribution >= 0.6 is 0 Å². The van der Waals surface area contributed by atoms with Gasteiger partial charge in [-0.3, -0.25) is 0 Å². The fraction of sp³-hybridized carbons (Fsp3) is 0.625. The van der Waals surface area contributed by atoms with E-state index in [9.17, 15) is 5.11 Å². The van der Waals surface area contributed by atoms with E-state index in [1.807, 2.05) is 26.0 Å². The molecule has 0 bridgehead atoms. The zero-order valence-electron chi connectivity index (χ0n) is 12.3. The highest BCUT2D eigenvalue weighted by atomic mass is 16.3. The summed E-state index contributed by atoms with van der Waals surface area (Å²) in [6.07, 6.45) is 5.11. The van der Waals surface area contributed by atoms with E-state index in [1.54, 1.807) is 0 Å². The van der Waals surface area contributed by atoms with Crippen LogP contribution in [0.25, 0.3) is 0 Å². The number of aryl methyl sites for hydroxylation is 2. The molecule has 0 radical (unpaired) electrons. The molecule has 1 aromatic rings. The summed E-state index contributed by atoms with van der Waals surface area (Å²) in [5.74, 6) is 0.379. The van der Waals surface area contributed by atoms with Crippen molar-refractivity contribution in [1.29, 1.82) is 0 Å². The monoisotopic (exact) mass is 262 g/mol. The van der Waals surface area contributed by atoms with Crippen LogP contribution in [0.15, 0.2) is 12.1 Å². The van der Waals surface area contributed by atoms with E-state index in [0.29, 0.717) is 17.8 Å². The highest BCUT2D eigenvalue weighted by Crippen LogP contribution is 2.26. The predicted molar refractivity (Wildman–Crippen MR) is 80.9 cm³/mol. The lowest BCUT2D eigenvalue weighted by molar-refractivity contribution is 0.371. The van der Waals surface area contributed by atoms with Crippen LogP contribution in [-0.4, -0.2) is 23.7 Å². The van der Waals surface area contributed by atoms with Crippen LogP contribution in [0.5, 0.6) is 5.75 Å². The van der Waals surface area contributed by atoms with Gasteiger partial charge in [0.25, 0.3) is 0 Å². The molecule has 0 aromatic heterocycles. The van der Waals surface area contributed by atoms with E-state index in [1.165, 1.54) is 19.3 Å². The normalized spacial score (nSPS) is 21.1. The van der Waals surface area contributed by atoms with Crippen LogP contribution in [0, 0.1) is 13.8 Å². The van der Waals surface area contributed by atoms with Crippen LogP contribution in [0.2, 0.25) is 0 Å². The molecule has 2 atom stereocenters. The number of rotatable bonds is 4. The van der Waals surface area contributed by atoms with Crippen LogP contribution in [0.3, 0.4) is 0 Å². The molecule has 2 rings (SSSR count). The van der Waals surface area contributed by atoms with Gasteiger partial charge in [0.1, 0.15) is 5.75 Å². The van der Waals surface area contributed by atoms with E-state index < -0.39 is 0 Å². The minimum Gasteiger partial charge on any atom is -0.508 e. The summed E-state index contributed by atoms with van der Waals surface area (Å²) in [4.78, 5) is 0. The number of hydrogen-bond donors (Lipinski definition) is 3. The van der Waals surface area contributed by atoms with Gasteiger partial charge in [0.05, 0.1) is 0 Å². The Morgan fingerprint density at radius 1 is 1.32 bits per heavy atom. The number of benzene rings is 1. The molecule has 1 saturated heterocycles. The lowest BCUT2D eigenvalue weighted by Gasteiger charge is -2.27. The molecular weight excluding hydrogens is 236 g/mol. The molecule has 19 heavy (non-hydrogen) atoms. The third-order valence-corrected chi connectivity index (χ3v) is 4.00. The van der Waals surface area contributed by atoms with Crippen molar-refractivity contribution in [3.05, 3.63) is 23.3 Å². The Kier molecular flexibility index (Phi) is 4.70. The third-order valence-electron chi connectivity index (χ3n) is 4.00.